The van der Waals surface area contributed by atoms with Gasteiger partial charge in [-0.05, 0) is 50.5 Å². The Hall–Kier alpha value is -3.94. The average molecular weight is 431 g/mol. The standard InChI is InChI=1S/C24H25N5O3/c1-15-7-5-9-19(11-15)12-29-14-25-24(27-29)26-23(30)22-20(18(4)32-28-22)13-31-21-10-6-8-16(2)17(21)3/h5-11,14H,12-13H2,1-4H3,(H,26,27,30). The molecule has 0 unspecified atom stereocenters. The van der Waals surface area contributed by atoms with E-state index in [1.807, 2.05) is 57.2 Å². The SMILES string of the molecule is Cc1cccc(Cn2cnc(NC(=O)c3noc(C)c3COc3cccc(C)c3C)n2)c1. The Morgan fingerprint density at radius 3 is 2.75 bits per heavy atom. The van der Waals surface area contributed by atoms with E-state index in [1.165, 1.54) is 5.56 Å². The van der Waals surface area contributed by atoms with Crippen molar-refractivity contribution in [1.82, 2.24) is 19.9 Å². The van der Waals surface area contributed by atoms with Crippen LogP contribution >= 0.6 is 0 Å². The van der Waals surface area contributed by atoms with Crippen LogP contribution in [-0.4, -0.2) is 25.8 Å². The molecule has 1 N–H and O–H groups in total. The summed E-state index contributed by atoms with van der Waals surface area (Å²) in [5, 5.41) is 10.9. The van der Waals surface area contributed by atoms with Crippen LogP contribution in [0.5, 0.6) is 5.75 Å². The number of amides is 1. The number of hydrogen-bond donors (Lipinski definition) is 1. The van der Waals surface area contributed by atoms with Crippen molar-refractivity contribution in [2.75, 3.05) is 5.32 Å². The van der Waals surface area contributed by atoms with Crippen LogP contribution in [0.25, 0.3) is 0 Å². The van der Waals surface area contributed by atoms with Crippen molar-refractivity contribution in [1.29, 1.82) is 0 Å². The molecule has 2 heterocycles. The molecule has 1 amide bonds. The molecule has 0 aliphatic carbocycles. The third-order valence-corrected chi connectivity index (χ3v) is 5.32. The summed E-state index contributed by atoms with van der Waals surface area (Å²) >= 11 is 0. The lowest BCUT2D eigenvalue weighted by atomic mass is 10.1. The smallest absolute Gasteiger partial charge is 0.280 e. The fourth-order valence-corrected chi connectivity index (χ4v) is 3.36. The summed E-state index contributed by atoms with van der Waals surface area (Å²) in [6, 6.07) is 14.0. The summed E-state index contributed by atoms with van der Waals surface area (Å²) < 4.78 is 12.9. The molecule has 0 spiro atoms. The molecule has 164 valence electrons. The Kier molecular flexibility index (Phi) is 6.02. The quantitative estimate of drug-likeness (QED) is 0.467. The molecule has 0 aliphatic rings. The average Bonchev–Trinajstić information content (AvgIpc) is 3.35. The number of anilines is 1. The van der Waals surface area contributed by atoms with E-state index in [1.54, 1.807) is 17.9 Å². The van der Waals surface area contributed by atoms with Crippen molar-refractivity contribution in [3.05, 3.63) is 88.1 Å². The zero-order chi connectivity index (χ0) is 22.7. The molecule has 2 aromatic heterocycles. The number of aryl methyl sites for hydroxylation is 3. The number of carbonyl (C=O) groups excluding carboxylic acids is 1. The van der Waals surface area contributed by atoms with E-state index < -0.39 is 5.91 Å². The third kappa shape index (κ3) is 4.69. The zero-order valence-electron chi connectivity index (χ0n) is 18.5. The maximum absolute atomic E-state index is 12.8. The number of ether oxygens (including phenoxy) is 1. The first kappa shape index (κ1) is 21.3. The van der Waals surface area contributed by atoms with Gasteiger partial charge in [-0.15, -0.1) is 5.10 Å². The van der Waals surface area contributed by atoms with Crippen molar-refractivity contribution >= 4 is 11.9 Å². The van der Waals surface area contributed by atoms with Gasteiger partial charge in [-0.25, -0.2) is 9.67 Å². The highest BCUT2D eigenvalue weighted by molar-refractivity contribution is 6.02. The monoisotopic (exact) mass is 431 g/mol. The molecule has 32 heavy (non-hydrogen) atoms. The van der Waals surface area contributed by atoms with Crippen molar-refractivity contribution < 1.29 is 14.1 Å². The lowest BCUT2D eigenvalue weighted by Crippen LogP contribution is -2.16. The molecular weight excluding hydrogens is 406 g/mol. The van der Waals surface area contributed by atoms with Gasteiger partial charge in [0.2, 0.25) is 5.95 Å². The van der Waals surface area contributed by atoms with Gasteiger partial charge >= 0.3 is 0 Å². The van der Waals surface area contributed by atoms with Crippen molar-refractivity contribution in [2.45, 2.75) is 40.8 Å². The van der Waals surface area contributed by atoms with E-state index in [-0.39, 0.29) is 18.2 Å². The van der Waals surface area contributed by atoms with Crippen LogP contribution in [0, 0.1) is 27.7 Å². The summed E-state index contributed by atoms with van der Waals surface area (Å²) in [7, 11) is 0. The van der Waals surface area contributed by atoms with Crippen LogP contribution < -0.4 is 10.1 Å². The fraction of sp³-hybridized carbons (Fsp3) is 0.250. The Labute approximate surface area is 186 Å². The summed E-state index contributed by atoms with van der Waals surface area (Å²) in [6.45, 7) is 8.53. The first-order chi connectivity index (χ1) is 15.4. The van der Waals surface area contributed by atoms with E-state index in [4.69, 9.17) is 9.26 Å². The van der Waals surface area contributed by atoms with Gasteiger partial charge in [-0.3, -0.25) is 10.1 Å². The van der Waals surface area contributed by atoms with Crippen LogP contribution in [0.2, 0.25) is 0 Å². The first-order valence-corrected chi connectivity index (χ1v) is 10.3. The van der Waals surface area contributed by atoms with Crippen LogP contribution in [0.4, 0.5) is 5.95 Å². The van der Waals surface area contributed by atoms with Crippen molar-refractivity contribution in [2.24, 2.45) is 0 Å². The normalized spacial score (nSPS) is 10.9. The second-order valence-electron chi connectivity index (χ2n) is 7.76. The maximum Gasteiger partial charge on any atom is 0.280 e. The summed E-state index contributed by atoms with van der Waals surface area (Å²) in [6.07, 6.45) is 1.58. The van der Waals surface area contributed by atoms with Gasteiger partial charge in [-0.2, -0.15) is 0 Å². The second kappa shape index (κ2) is 9.05. The number of rotatable bonds is 7. The number of aromatic nitrogens is 4. The van der Waals surface area contributed by atoms with Gasteiger partial charge in [0.25, 0.3) is 5.91 Å². The Morgan fingerprint density at radius 2 is 1.94 bits per heavy atom. The molecule has 0 aliphatic heterocycles. The van der Waals surface area contributed by atoms with Crippen LogP contribution in [0.15, 0.2) is 53.3 Å². The van der Waals surface area contributed by atoms with Gasteiger partial charge in [0.1, 0.15) is 24.4 Å². The number of nitrogens with one attached hydrogen (secondary N) is 1. The molecule has 0 radical (unpaired) electrons. The largest absolute Gasteiger partial charge is 0.488 e. The maximum atomic E-state index is 12.8. The minimum Gasteiger partial charge on any atom is -0.488 e. The molecule has 2 aromatic carbocycles. The van der Waals surface area contributed by atoms with Crippen LogP contribution in [-0.2, 0) is 13.2 Å². The molecule has 0 fully saturated rings. The number of nitrogens with zero attached hydrogens (tertiary/aromatic N) is 4. The highest BCUT2D eigenvalue weighted by atomic mass is 16.5. The lowest BCUT2D eigenvalue weighted by molar-refractivity contribution is 0.101. The molecular formula is C24H25N5O3. The van der Waals surface area contributed by atoms with Crippen molar-refractivity contribution in [3.8, 4) is 5.75 Å². The van der Waals surface area contributed by atoms with Gasteiger partial charge in [-0.1, -0.05) is 47.1 Å². The number of hydrogen-bond acceptors (Lipinski definition) is 6. The van der Waals surface area contributed by atoms with Crippen LogP contribution in [0.1, 0.15) is 44.1 Å². The molecule has 8 heteroatoms. The van der Waals surface area contributed by atoms with Gasteiger partial charge in [0, 0.05) is 0 Å². The van der Waals surface area contributed by atoms with Crippen LogP contribution in [0.3, 0.4) is 0 Å². The first-order valence-electron chi connectivity index (χ1n) is 10.3. The Balaban J connectivity index is 1.44. The minimum atomic E-state index is -0.449. The van der Waals surface area contributed by atoms with E-state index in [0.29, 0.717) is 17.9 Å². The van der Waals surface area contributed by atoms with Gasteiger partial charge in [0.05, 0.1) is 12.1 Å². The predicted octanol–water partition coefficient (Wildman–Crippen LogP) is 4.38. The zero-order valence-corrected chi connectivity index (χ0v) is 18.5. The second-order valence-corrected chi connectivity index (χ2v) is 7.76. The summed E-state index contributed by atoms with van der Waals surface area (Å²) in [5.74, 6) is 1.03. The van der Waals surface area contributed by atoms with Gasteiger partial charge < -0.3 is 9.26 Å². The molecule has 0 saturated heterocycles. The summed E-state index contributed by atoms with van der Waals surface area (Å²) in [4.78, 5) is 17.0. The molecule has 0 atom stereocenters. The topological polar surface area (TPSA) is 95.1 Å². The fourth-order valence-electron chi connectivity index (χ4n) is 3.36. The minimum absolute atomic E-state index is 0.155. The van der Waals surface area contributed by atoms with E-state index >= 15 is 0 Å². The Morgan fingerprint density at radius 1 is 1.12 bits per heavy atom. The third-order valence-electron chi connectivity index (χ3n) is 5.32. The highest BCUT2D eigenvalue weighted by Gasteiger charge is 2.22. The molecule has 4 aromatic rings. The van der Waals surface area contributed by atoms with E-state index in [0.717, 1.165) is 22.4 Å². The molecule has 0 bridgehead atoms. The Bertz CT molecular complexity index is 1260. The highest BCUT2D eigenvalue weighted by Crippen LogP contribution is 2.23. The predicted molar refractivity (Wildman–Crippen MR) is 120 cm³/mol. The summed E-state index contributed by atoms with van der Waals surface area (Å²) in [5.41, 5.74) is 5.20. The lowest BCUT2D eigenvalue weighted by Gasteiger charge is -2.10. The van der Waals surface area contributed by atoms with Crippen molar-refractivity contribution in [3.63, 3.8) is 0 Å². The van der Waals surface area contributed by atoms with Gasteiger partial charge in [0.15, 0.2) is 5.69 Å². The molecule has 0 saturated carbocycles. The number of carbonyl (C=O) groups is 1. The molecule has 4 rings (SSSR count). The van der Waals surface area contributed by atoms with E-state index in [9.17, 15) is 4.79 Å². The van der Waals surface area contributed by atoms with E-state index in [2.05, 4.69) is 26.6 Å². The molecule has 8 nitrogen and oxygen atoms in total. The number of benzene rings is 2.